The molecule has 0 atom stereocenters. The van der Waals surface area contributed by atoms with Crippen molar-refractivity contribution >= 4 is 29.3 Å². The van der Waals surface area contributed by atoms with Crippen LogP contribution in [0.15, 0.2) is 18.2 Å². The highest BCUT2D eigenvalue weighted by molar-refractivity contribution is 7.99. The van der Waals surface area contributed by atoms with Crippen molar-refractivity contribution in [1.29, 1.82) is 0 Å². The number of imide groups is 1. The van der Waals surface area contributed by atoms with E-state index in [4.69, 9.17) is 0 Å². The molecule has 5 heteroatoms. The van der Waals surface area contributed by atoms with Crippen LogP contribution in [0.25, 0.3) is 0 Å². The molecule has 0 fully saturated rings. The molecule has 2 rings (SSSR count). The summed E-state index contributed by atoms with van der Waals surface area (Å²) >= 11 is 1.92. The normalized spacial score (nSPS) is 13.4. The lowest BCUT2D eigenvalue weighted by Crippen LogP contribution is -2.19. The topological polar surface area (TPSA) is 58.2 Å². The minimum Gasteiger partial charge on any atom is -0.385 e. The van der Waals surface area contributed by atoms with Crippen molar-refractivity contribution < 1.29 is 9.59 Å². The van der Waals surface area contributed by atoms with E-state index in [0.717, 1.165) is 30.2 Å². The van der Waals surface area contributed by atoms with Crippen LogP contribution in [0.1, 0.15) is 34.1 Å². The maximum atomic E-state index is 11.5. The van der Waals surface area contributed by atoms with E-state index in [1.807, 2.05) is 17.8 Å². The lowest BCUT2D eigenvalue weighted by atomic mass is 10.1. The standard InChI is InChI=1S/C13H16N2O2S/c1-2-18-7-3-6-14-9-4-5-10-11(8-9)13(17)15-12(10)16/h4-5,8,14H,2-3,6-7H2,1H3,(H,15,16,17). The van der Waals surface area contributed by atoms with E-state index in [9.17, 15) is 9.59 Å². The third-order valence-electron chi connectivity index (χ3n) is 2.73. The van der Waals surface area contributed by atoms with Gasteiger partial charge in [-0.1, -0.05) is 6.92 Å². The van der Waals surface area contributed by atoms with Gasteiger partial charge in [-0.15, -0.1) is 0 Å². The number of carbonyl (C=O) groups is 2. The maximum Gasteiger partial charge on any atom is 0.259 e. The number of rotatable bonds is 6. The minimum atomic E-state index is -0.305. The Hall–Kier alpha value is -1.49. The molecule has 1 heterocycles. The quantitative estimate of drug-likeness (QED) is 0.610. The number of hydrogen-bond donors (Lipinski definition) is 2. The van der Waals surface area contributed by atoms with Gasteiger partial charge in [0.15, 0.2) is 0 Å². The average Bonchev–Trinajstić information content (AvgIpc) is 2.65. The van der Waals surface area contributed by atoms with Crippen molar-refractivity contribution in [2.75, 3.05) is 23.4 Å². The summed E-state index contributed by atoms with van der Waals surface area (Å²) in [4.78, 5) is 22.8. The Balaban J connectivity index is 1.93. The molecule has 1 aromatic rings. The fraction of sp³-hybridized carbons (Fsp3) is 0.385. The van der Waals surface area contributed by atoms with Crippen LogP contribution in [-0.4, -0.2) is 29.9 Å². The molecule has 0 saturated carbocycles. The molecule has 0 unspecified atom stereocenters. The Kier molecular flexibility index (Phi) is 4.25. The van der Waals surface area contributed by atoms with Gasteiger partial charge in [0, 0.05) is 12.2 Å². The Morgan fingerprint density at radius 1 is 1.22 bits per heavy atom. The summed E-state index contributed by atoms with van der Waals surface area (Å²) in [5, 5.41) is 5.55. The van der Waals surface area contributed by atoms with Gasteiger partial charge in [0.2, 0.25) is 0 Å². The molecule has 0 aliphatic carbocycles. The number of anilines is 1. The van der Waals surface area contributed by atoms with Gasteiger partial charge >= 0.3 is 0 Å². The summed E-state index contributed by atoms with van der Waals surface area (Å²) in [6.45, 7) is 3.02. The molecular formula is C13H16N2O2S. The third kappa shape index (κ3) is 2.85. The van der Waals surface area contributed by atoms with Gasteiger partial charge in [-0.2, -0.15) is 11.8 Å². The lowest BCUT2D eigenvalue weighted by molar-refractivity contribution is 0.0879. The summed E-state index contributed by atoms with van der Waals surface area (Å²) < 4.78 is 0. The molecule has 1 aliphatic heterocycles. The van der Waals surface area contributed by atoms with Crippen molar-refractivity contribution in [1.82, 2.24) is 5.32 Å². The second-order valence-electron chi connectivity index (χ2n) is 4.02. The van der Waals surface area contributed by atoms with E-state index < -0.39 is 0 Å². The number of hydrogen-bond acceptors (Lipinski definition) is 4. The van der Waals surface area contributed by atoms with Crippen LogP contribution < -0.4 is 10.6 Å². The number of benzene rings is 1. The van der Waals surface area contributed by atoms with Crippen LogP contribution in [0.4, 0.5) is 5.69 Å². The largest absolute Gasteiger partial charge is 0.385 e. The molecule has 96 valence electrons. The van der Waals surface area contributed by atoms with Crippen molar-refractivity contribution in [3.05, 3.63) is 29.3 Å². The predicted molar refractivity (Wildman–Crippen MR) is 74.3 cm³/mol. The first-order valence-corrected chi connectivity index (χ1v) is 7.19. The van der Waals surface area contributed by atoms with Gasteiger partial charge < -0.3 is 5.32 Å². The summed E-state index contributed by atoms with van der Waals surface area (Å²) in [5.74, 6) is 1.66. The van der Waals surface area contributed by atoms with Crippen LogP contribution in [0.3, 0.4) is 0 Å². The zero-order valence-corrected chi connectivity index (χ0v) is 11.1. The molecular weight excluding hydrogens is 248 g/mol. The predicted octanol–water partition coefficient (Wildman–Crippen LogP) is 2.13. The van der Waals surface area contributed by atoms with E-state index in [-0.39, 0.29) is 11.8 Å². The number of nitrogens with one attached hydrogen (secondary N) is 2. The summed E-state index contributed by atoms with van der Waals surface area (Å²) in [6.07, 6.45) is 1.08. The van der Waals surface area contributed by atoms with Gasteiger partial charge in [-0.3, -0.25) is 14.9 Å². The fourth-order valence-electron chi connectivity index (χ4n) is 1.83. The molecule has 0 radical (unpaired) electrons. The molecule has 18 heavy (non-hydrogen) atoms. The molecule has 0 saturated heterocycles. The zero-order chi connectivity index (χ0) is 13.0. The number of carbonyl (C=O) groups excluding carboxylic acids is 2. The van der Waals surface area contributed by atoms with Crippen molar-refractivity contribution in [2.45, 2.75) is 13.3 Å². The highest BCUT2D eigenvalue weighted by Gasteiger charge is 2.26. The van der Waals surface area contributed by atoms with Crippen LogP contribution >= 0.6 is 11.8 Å². The van der Waals surface area contributed by atoms with Gasteiger partial charge in [-0.05, 0) is 36.1 Å². The number of fused-ring (bicyclic) bond motifs is 1. The van der Waals surface area contributed by atoms with Crippen LogP contribution in [-0.2, 0) is 0 Å². The highest BCUT2D eigenvalue weighted by Crippen LogP contribution is 2.20. The Morgan fingerprint density at radius 2 is 2.00 bits per heavy atom. The average molecular weight is 264 g/mol. The van der Waals surface area contributed by atoms with Crippen LogP contribution in [0.2, 0.25) is 0 Å². The summed E-state index contributed by atoms with van der Waals surface area (Å²) in [6, 6.07) is 5.27. The van der Waals surface area contributed by atoms with Gasteiger partial charge in [0.25, 0.3) is 11.8 Å². The van der Waals surface area contributed by atoms with Crippen molar-refractivity contribution in [2.24, 2.45) is 0 Å². The molecule has 2 N–H and O–H groups in total. The Morgan fingerprint density at radius 3 is 2.78 bits per heavy atom. The number of amides is 2. The molecule has 1 aromatic carbocycles. The van der Waals surface area contributed by atoms with Crippen molar-refractivity contribution in [3.8, 4) is 0 Å². The Labute approximate surface area is 111 Å². The highest BCUT2D eigenvalue weighted by atomic mass is 32.2. The van der Waals surface area contributed by atoms with Crippen LogP contribution in [0.5, 0.6) is 0 Å². The molecule has 2 amide bonds. The first-order chi connectivity index (χ1) is 8.72. The van der Waals surface area contributed by atoms with Gasteiger partial charge in [-0.25, -0.2) is 0 Å². The SMILES string of the molecule is CCSCCCNc1ccc2c(c1)C(=O)NC2=O. The number of thioether (sulfide) groups is 1. The van der Waals surface area contributed by atoms with E-state index in [2.05, 4.69) is 17.6 Å². The minimum absolute atomic E-state index is 0.305. The van der Waals surface area contributed by atoms with Crippen LogP contribution in [0, 0.1) is 0 Å². The van der Waals surface area contributed by atoms with E-state index >= 15 is 0 Å². The molecule has 0 aromatic heterocycles. The molecule has 4 nitrogen and oxygen atoms in total. The van der Waals surface area contributed by atoms with Gasteiger partial charge in [0.1, 0.15) is 0 Å². The van der Waals surface area contributed by atoms with E-state index in [1.165, 1.54) is 0 Å². The second kappa shape index (κ2) is 5.91. The summed E-state index contributed by atoms with van der Waals surface area (Å²) in [5.41, 5.74) is 1.82. The third-order valence-corrected chi connectivity index (χ3v) is 3.72. The molecule has 0 bridgehead atoms. The maximum absolute atomic E-state index is 11.5. The zero-order valence-electron chi connectivity index (χ0n) is 10.3. The van der Waals surface area contributed by atoms with E-state index in [1.54, 1.807) is 12.1 Å². The van der Waals surface area contributed by atoms with Crippen molar-refractivity contribution in [3.63, 3.8) is 0 Å². The summed E-state index contributed by atoms with van der Waals surface area (Å²) in [7, 11) is 0. The molecule has 0 spiro atoms. The Bertz CT molecular complexity index is 474. The fourth-order valence-corrected chi connectivity index (χ4v) is 2.47. The monoisotopic (exact) mass is 264 g/mol. The lowest BCUT2D eigenvalue weighted by Gasteiger charge is -2.06. The van der Waals surface area contributed by atoms with Gasteiger partial charge in [0.05, 0.1) is 11.1 Å². The molecule has 1 aliphatic rings. The van der Waals surface area contributed by atoms with E-state index in [0.29, 0.717) is 11.1 Å². The smallest absolute Gasteiger partial charge is 0.259 e. The first-order valence-electron chi connectivity index (χ1n) is 6.03. The second-order valence-corrected chi connectivity index (χ2v) is 5.41. The first kappa shape index (κ1) is 13.0.